The minimum absolute atomic E-state index is 0.0403. The van der Waals surface area contributed by atoms with Crippen LogP contribution >= 0.6 is 11.3 Å². The van der Waals surface area contributed by atoms with Gasteiger partial charge in [0.05, 0.1) is 12.2 Å². The van der Waals surface area contributed by atoms with Gasteiger partial charge in [-0.3, -0.25) is 4.79 Å². The van der Waals surface area contributed by atoms with Gasteiger partial charge in [-0.2, -0.15) is 0 Å². The Morgan fingerprint density at radius 2 is 2.12 bits per heavy atom. The molecule has 2 N–H and O–H groups in total. The normalized spacial score (nSPS) is 13.2. The molecule has 132 valence electrons. The van der Waals surface area contributed by atoms with Gasteiger partial charge in [0.15, 0.2) is 6.61 Å². The van der Waals surface area contributed by atoms with Crippen molar-refractivity contribution >= 4 is 28.9 Å². The van der Waals surface area contributed by atoms with E-state index in [1.54, 1.807) is 40.5 Å². The highest BCUT2D eigenvalue weighted by Gasteiger charge is 2.23. The second-order valence-electron chi connectivity index (χ2n) is 5.71. The number of carbonyl (C=O) groups is 2. The van der Waals surface area contributed by atoms with Crippen molar-refractivity contribution < 1.29 is 19.4 Å². The molecule has 3 rings (SSSR count). The number of esters is 1. The van der Waals surface area contributed by atoms with Crippen LogP contribution in [0.25, 0.3) is 0 Å². The fourth-order valence-electron chi connectivity index (χ4n) is 2.76. The second-order valence-corrected chi connectivity index (χ2v) is 6.71. The third kappa shape index (κ3) is 4.18. The van der Waals surface area contributed by atoms with Crippen molar-refractivity contribution in [2.75, 3.05) is 31.6 Å². The molecule has 0 radical (unpaired) electrons. The van der Waals surface area contributed by atoms with E-state index in [9.17, 15) is 9.59 Å². The highest BCUT2D eigenvalue weighted by atomic mass is 32.1. The van der Waals surface area contributed by atoms with Crippen LogP contribution in [-0.4, -0.2) is 48.2 Å². The predicted molar refractivity (Wildman–Crippen MR) is 95.7 cm³/mol. The molecule has 1 aromatic carbocycles. The molecule has 1 aliphatic rings. The molecule has 25 heavy (non-hydrogen) atoms. The Balaban J connectivity index is 1.57. The smallest absolute Gasteiger partial charge is 0.340 e. The van der Waals surface area contributed by atoms with Crippen molar-refractivity contribution in [2.45, 2.75) is 13.0 Å². The molecular weight excluding hydrogens is 340 g/mol. The Morgan fingerprint density at radius 1 is 1.28 bits per heavy atom. The SMILES string of the molecule is O=C(OCC(=O)N1CCc2sccc2C1)c1ccccc1NCCO. The van der Waals surface area contributed by atoms with Crippen molar-refractivity contribution in [3.8, 4) is 0 Å². The fraction of sp³-hybridized carbons (Fsp3) is 0.333. The van der Waals surface area contributed by atoms with E-state index >= 15 is 0 Å². The Labute approximate surface area is 150 Å². The molecule has 1 aliphatic heterocycles. The van der Waals surface area contributed by atoms with Crippen LogP contribution in [0, 0.1) is 0 Å². The number of anilines is 1. The van der Waals surface area contributed by atoms with E-state index in [4.69, 9.17) is 9.84 Å². The quantitative estimate of drug-likeness (QED) is 0.769. The van der Waals surface area contributed by atoms with E-state index in [2.05, 4.69) is 5.32 Å². The first-order valence-corrected chi connectivity index (χ1v) is 9.01. The standard InChI is InChI=1S/C18H20N2O4S/c21-9-7-19-15-4-2-1-3-14(15)18(23)24-12-17(22)20-8-5-16-13(11-20)6-10-25-16/h1-4,6,10,19,21H,5,7-9,11-12H2. The van der Waals surface area contributed by atoms with E-state index < -0.39 is 5.97 Å². The van der Waals surface area contributed by atoms with Crippen LogP contribution in [0.15, 0.2) is 35.7 Å². The summed E-state index contributed by atoms with van der Waals surface area (Å²) < 4.78 is 5.20. The minimum Gasteiger partial charge on any atom is -0.452 e. The maximum atomic E-state index is 12.3. The highest BCUT2D eigenvalue weighted by Crippen LogP contribution is 2.24. The monoisotopic (exact) mass is 360 g/mol. The summed E-state index contributed by atoms with van der Waals surface area (Å²) in [4.78, 5) is 27.6. The number of rotatable bonds is 6. The fourth-order valence-corrected chi connectivity index (χ4v) is 3.65. The number of aliphatic hydroxyl groups excluding tert-OH is 1. The summed E-state index contributed by atoms with van der Waals surface area (Å²) in [6.07, 6.45) is 0.848. The van der Waals surface area contributed by atoms with Gasteiger partial charge in [-0.1, -0.05) is 12.1 Å². The maximum absolute atomic E-state index is 12.3. The molecule has 7 heteroatoms. The summed E-state index contributed by atoms with van der Waals surface area (Å²) in [5.74, 6) is -0.742. The average Bonchev–Trinajstić information content (AvgIpc) is 3.12. The maximum Gasteiger partial charge on any atom is 0.340 e. The number of carbonyl (C=O) groups excluding carboxylic acids is 2. The third-order valence-electron chi connectivity index (χ3n) is 4.06. The van der Waals surface area contributed by atoms with Crippen LogP contribution in [0.5, 0.6) is 0 Å². The zero-order valence-electron chi connectivity index (χ0n) is 13.7. The minimum atomic E-state index is -0.553. The van der Waals surface area contributed by atoms with Crippen LogP contribution in [0.1, 0.15) is 20.8 Å². The van der Waals surface area contributed by atoms with Crippen LogP contribution in [0.2, 0.25) is 0 Å². The van der Waals surface area contributed by atoms with Crippen molar-refractivity contribution in [1.29, 1.82) is 0 Å². The number of benzene rings is 1. The van der Waals surface area contributed by atoms with Crippen molar-refractivity contribution in [3.63, 3.8) is 0 Å². The third-order valence-corrected chi connectivity index (χ3v) is 5.08. The van der Waals surface area contributed by atoms with Crippen molar-refractivity contribution in [3.05, 3.63) is 51.7 Å². The lowest BCUT2D eigenvalue weighted by Crippen LogP contribution is -2.38. The highest BCUT2D eigenvalue weighted by molar-refractivity contribution is 7.10. The Kier molecular flexibility index (Phi) is 5.67. The molecule has 6 nitrogen and oxygen atoms in total. The zero-order chi connectivity index (χ0) is 17.6. The first-order valence-electron chi connectivity index (χ1n) is 8.13. The number of ether oxygens (including phenoxy) is 1. The number of para-hydroxylation sites is 1. The molecule has 0 saturated carbocycles. The number of nitrogens with zero attached hydrogens (tertiary/aromatic N) is 1. The van der Waals surface area contributed by atoms with Crippen molar-refractivity contribution in [2.24, 2.45) is 0 Å². The number of fused-ring (bicyclic) bond motifs is 1. The molecule has 1 aromatic heterocycles. The molecule has 0 atom stereocenters. The van der Waals surface area contributed by atoms with E-state index in [-0.39, 0.29) is 19.1 Å². The Hall–Kier alpha value is -2.38. The lowest BCUT2D eigenvalue weighted by atomic mass is 10.1. The molecule has 0 spiro atoms. The molecule has 0 fully saturated rings. The van der Waals surface area contributed by atoms with Gasteiger partial charge in [0.25, 0.3) is 5.91 Å². The number of hydrogen-bond acceptors (Lipinski definition) is 6. The van der Waals surface area contributed by atoms with Gasteiger partial charge >= 0.3 is 5.97 Å². The van der Waals surface area contributed by atoms with Crippen molar-refractivity contribution in [1.82, 2.24) is 4.90 Å². The van der Waals surface area contributed by atoms with Gasteiger partial charge in [0, 0.05) is 30.2 Å². The van der Waals surface area contributed by atoms with Gasteiger partial charge < -0.3 is 20.1 Å². The molecule has 1 amide bonds. The molecule has 2 aromatic rings. The summed E-state index contributed by atoms with van der Waals surface area (Å²) >= 11 is 1.71. The van der Waals surface area contributed by atoms with Crippen LogP contribution in [0.4, 0.5) is 5.69 Å². The van der Waals surface area contributed by atoms with Gasteiger partial charge in [0.1, 0.15) is 0 Å². The van der Waals surface area contributed by atoms with E-state index in [1.165, 1.54) is 10.4 Å². The molecule has 0 bridgehead atoms. The number of aliphatic hydroxyl groups is 1. The predicted octanol–water partition coefficient (Wildman–Crippen LogP) is 1.89. The summed E-state index contributed by atoms with van der Waals surface area (Å²) in [5, 5.41) is 13.9. The average molecular weight is 360 g/mol. The van der Waals surface area contributed by atoms with Gasteiger partial charge in [-0.25, -0.2) is 4.79 Å². The number of nitrogens with one attached hydrogen (secondary N) is 1. The first kappa shape index (κ1) is 17.4. The van der Waals surface area contributed by atoms with Gasteiger partial charge in [0.2, 0.25) is 0 Å². The topological polar surface area (TPSA) is 78.9 Å². The first-order chi connectivity index (χ1) is 12.2. The summed E-state index contributed by atoms with van der Waals surface area (Å²) in [6.45, 7) is 1.25. The Morgan fingerprint density at radius 3 is 2.96 bits per heavy atom. The second kappa shape index (κ2) is 8.13. The zero-order valence-corrected chi connectivity index (χ0v) is 14.6. The molecule has 0 saturated heterocycles. The van der Waals surface area contributed by atoms with Crippen LogP contribution in [0.3, 0.4) is 0 Å². The van der Waals surface area contributed by atoms with E-state index in [1.807, 2.05) is 11.4 Å². The largest absolute Gasteiger partial charge is 0.452 e. The Bertz CT molecular complexity index is 759. The lowest BCUT2D eigenvalue weighted by molar-refractivity contribution is -0.135. The summed E-state index contributed by atoms with van der Waals surface area (Å²) in [6, 6.07) is 8.91. The van der Waals surface area contributed by atoms with E-state index in [0.717, 1.165) is 6.42 Å². The summed E-state index contributed by atoms with van der Waals surface area (Å²) in [7, 11) is 0. The number of amides is 1. The molecule has 0 aliphatic carbocycles. The lowest BCUT2D eigenvalue weighted by Gasteiger charge is -2.26. The number of thiophene rings is 1. The molecule has 0 unspecified atom stereocenters. The summed E-state index contributed by atoms with van der Waals surface area (Å²) in [5.41, 5.74) is 2.10. The van der Waals surface area contributed by atoms with Crippen LogP contribution in [-0.2, 0) is 22.5 Å². The van der Waals surface area contributed by atoms with Gasteiger partial charge in [-0.05, 0) is 35.6 Å². The van der Waals surface area contributed by atoms with Crippen LogP contribution < -0.4 is 5.32 Å². The molecule has 2 heterocycles. The molecular formula is C18H20N2O4S. The number of hydrogen-bond donors (Lipinski definition) is 2. The van der Waals surface area contributed by atoms with Gasteiger partial charge in [-0.15, -0.1) is 11.3 Å². The van der Waals surface area contributed by atoms with E-state index in [0.29, 0.717) is 30.9 Å².